The first-order valence-corrected chi connectivity index (χ1v) is 17.4. The summed E-state index contributed by atoms with van der Waals surface area (Å²) < 4.78 is 2.27. The van der Waals surface area contributed by atoms with Crippen molar-refractivity contribution in [3.05, 3.63) is 169 Å². The molecule has 6 heteroatoms. The van der Waals surface area contributed by atoms with Crippen LogP contribution in [0.15, 0.2) is 164 Å². The number of nitrogens with zero attached hydrogens (tertiary/aromatic N) is 5. The number of hydrogen-bond donors (Lipinski definition) is 0. The average molecular weight is 670 g/mol. The van der Waals surface area contributed by atoms with Crippen LogP contribution in [0.25, 0.3) is 87.8 Å². The van der Waals surface area contributed by atoms with Gasteiger partial charge in [-0.2, -0.15) is 5.26 Å². The Morgan fingerprint density at radius 3 is 1.51 bits per heavy atom. The molecule has 0 saturated heterocycles. The summed E-state index contributed by atoms with van der Waals surface area (Å²) in [6.07, 6.45) is 1.94. The number of fused-ring (bicyclic) bond motifs is 3. The SMILES string of the molecule is N#Cc1ccc2c(c1)sc1cc(-c3cc(-c4ccc(-c5ccccc5)nc4)cc(-c4nc(-c5ccccc5)nc(-c5ccccc5)n4)c3)ccc12. The van der Waals surface area contributed by atoms with Gasteiger partial charge in [-0.1, -0.05) is 115 Å². The molecule has 0 aliphatic heterocycles. The number of thiophene rings is 1. The van der Waals surface area contributed by atoms with Gasteiger partial charge in [0, 0.05) is 54.2 Å². The highest BCUT2D eigenvalue weighted by molar-refractivity contribution is 7.25. The topological polar surface area (TPSA) is 75.3 Å². The van der Waals surface area contributed by atoms with Crippen molar-refractivity contribution < 1.29 is 0 Å². The maximum atomic E-state index is 9.48. The van der Waals surface area contributed by atoms with E-state index < -0.39 is 0 Å². The molecule has 0 N–H and O–H groups in total. The molecular formula is C45H27N5S. The highest BCUT2D eigenvalue weighted by Crippen LogP contribution is 2.39. The van der Waals surface area contributed by atoms with E-state index in [-0.39, 0.29) is 0 Å². The van der Waals surface area contributed by atoms with Crippen LogP contribution in [0, 0.1) is 11.3 Å². The zero-order chi connectivity index (χ0) is 34.1. The fraction of sp³-hybridized carbons (Fsp3) is 0. The number of rotatable bonds is 6. The number of nitriles is 1. The van der Waals surface area contributed by atoms with Gasteiger partial charge < -0.3 is 0 Å². The van der Waals surface area contributed by atoms with Crippen molar-refractivity contribution in [2.45, 2.75) is 0 Å². The lowest BCUT2D eigenvalue weighted by molar-refractivity contribution is 1.07. The van der Waals surface area contributed by atoms with Gasteiger partial charge in [0.15, 0.2) is 17.5 Å². The van der Waals surface area contributed by atoms with Crippen molar-refractivity contribution in [3.8, 4) is 73.7 Å². The second-order valence-electron chi connectivity index (χ2n) is 12.3. The molecule has 0 unspecified atom stereocenters. The summed E-state index contributed by atoms with van der Waals surface area (Å²) in [5, 5.41) is 11.8. The van der Waals surface area contributed by atoms with Gasteiger partial charge in [0.2, 0.25) is 0 Å². The second kappa shape index (κ2) is 12.9. The zero-order valence-electron chi connectivity index (χ0n) is 27.2. The molecule has 238 valence electrons. The summed E-state index contributed by atoms with van der Waals surface area (Å²) >= 11 is 1.71. The molecule has 6 aromatic carbocycles. The van der Waals surface area contributed by atoms with E-state index in [4.69, 9.17) is 19.9 Å². The molecule has 51 heavy (non-hydrogen) atoms. The molecule has 5 nitrogen and oxygen atoms in total. The number of hydrogen-bond acceptors (Lipinski definition) is 6. The third kappa shape index (κ3) is 5.93. The molecule has 3 aromatic heterocycles. The van der Waals surface area contributed by atoms with Crippen LogP contribution in [0.2, 0.25) is 0 Å². The highest BCUT2D eigenvalue weighted by atomic mass is 32.1. The fourth-order valence-corrected chi connectivity index (χ4v) is 7.58. The molecule has 3 heterocycles. The van der Waals surface area contributed by atoms with Crippen molar-refractivity contribution in [1.29, 1.82) is 5.26 Å². The van der Waals surface area contributed by atoms with E-state index in [2.05, 4.69) is 66.7 Å². The number of benzene rings is 6. The van der Waals surface area contributed by atoms with E-state index >= 15 is 0 Å². The first-order valence-electron chi connectivity index (χ1n) is 16.6. The molecule has 0 aliphatic carbocycles. The number of aromatic nitrogens is 4. The largest absolute Gasteiger partial charge is 0.256 e. The Morgan fingerprint density at radius 2 is 0.922 bits per heavy atom. The summed E-state index contributed by atoms with van der Waals surface area (Å²) in [6.45, 7) is 0. The minimum atomic E-state index is 0.589. The molecule has 0 atom stereocenters. The third-order valence-electron chi connectivity index (χ3n) is 8.99. The van der Waals surface area contributed by atoms with Crippen molar-refractivity contribution >= 4 is 31.5 Å². The minimum absolute atomic E-state index is 0.589. The van der Waals surface area contributed by atoms with E-state index in [1.807, 2.05) is 103 Å². The van der Waals surface area contributed by atoms with Crippen LogP contribution in [0.1, 0.15) is 5.56 Å². The summed E-state index contributed by atoms with van der Waals surface area (Å²) in [6, 6.07) is 55.8. The molecule has 9 aromatic rings. The van der Waals surface area contributed by atoms with Crippen LogP contribution in [0.5, 0.6) is 0 Å². The Balaban J connectivity index is 1.23. The second-order valence-corrected chi connectivity index (χ2v) is 13.4. The highest BCUT2D eigenvalue weighted by Gasteiger charge is 2.16. The van der Waals surface area contributed by atoms with Crippen molar-refractivity contribution in [2.75, 3.05) is 0 Å². The standard InChI is InChI=1S/C45H27N5S/c46-27-29-16-19-38-39-20-17-33(26-42(39)51-41(38)22-29)35-23-36(34-18-21-40(47-28-34)30-10-4-1-5-11-30)25-37(24-35)45-49-43(31-12-6-2-7-13-31)48-44(50-45)32-14-8-3-9-15-32/h1-26,28H. The molecule has 0 radical (unpaired) electrons. The van der Waals surface area contributed by atoms with E-state index in [0.29, 0.717) is 23.0 Å². The summed E-state index contributed by atoms with van der Waals surface area (Å²) in [5.41, 5.74) is 9.49. The van der Waals surface area contributed by atoms with Crippen LogP contribution in [-0.2, 0) is 0 Å². The van der Waals surface area contributed by atoms with Gasteiger partial charge in [0.05, 0.1) is 17.3 Å². The maximum Gasteiger partial charge on any atom is 0.164 e. The van der Waals surface area contributed by atoms with Crippen LogP contribution >= 0.6 is 11.3 Å². The lowest BCUT2D eigenvalue weighted by atomic mass is 9.95. The third-order valence-corrected chi connectivity index (χ3v) is 10.1. The molecular weight excluding hydrogens is 643 g/mol. The molecule has 0 bridgehead atoms. The van der Waals surface area contributed by atoms with E-state index in [0.717, 1.165) is 65.0 Å². The summed E-state index contributed by atoms with van der Waals surface area (Å²) in [7, 11) is 0. The average Bonchev–Trinajstić information content (AvgIpc) is 3.58. The van der Waals surface area contributed by atoms with Crippen LogP contribution in [-0.4, -0.2) is 19.9 Å². The zero-order valence-corrected chi connectivity index (χ0v) is 28.0. The Hall–Kier alpha value is -6.81. The predicted molar refractivity (Wildman–Crippen MR) is 208 cm³/mol. The molecule has 0 saturated carbocycles. The molecule has 0 fully saturated rings. The van der Waals surface area contributed by atoms with Crippen molar-refractivity contribution in [1.82, 2.24) is 19.9 Å². The smallest absolute Gasteiger partial charge is 0.164 e. The van der Waals surface area contributed by atoms with Gasteiger partial charge in [-0.05, 0) is 59.2 Å². The fourth-order valence-electron chi connectivity index (χ4n) is 6.40. The first-order chi connectivity index (χ1) is 25.2. The van der Waals surface area contributed by atoms with Gasteiger partial charge in [-0.3, -0.25) is 4.98 Å². The Labute approximate surface area is 298 Å². The van der Waals surface area contributed by atoms with E-state index in [1.165, 1.54) is 5.39 Å². The predicted octanol–water partition coefficient (Wildman–Crippen LogP) is 11.5. The lowest BCUT2D eigenvalue weighted by Crippen LogP contribution is -2.00. The quantitative estimate of drug-likeness (QED) is 0.176. The summed E-state index contributed by atoms with van der Waals surface area (Å²) in [4.78, 5) is 19.9. The number of pyridine rings is 1. The van der Waals surface area contributed by atoms with Gasteiger partial charge in [0.1, 0.15) is 0 Å². The van der Waals surface area contributed by atoms with Crippen LogP contribution in [0.4, 0.5) is 0 Å². The van der Waals surface area contributed by atoms with E-state index in [1.54, 1.807) is 11.3 Å². The normalized spacial score (nSPS) is 11.1. The lowest BCUT2D eigenvalue weighted by Gasteiger charge is -2.13. The van der Waals surface area contributed by atoms with Crippen molar-refractivity contribution in [2.24, 2.45) is 0 Å². The first kappa shape index (κ1) is 30.3. The Morgan fingerprint density at radius 1 is 0.412 bits per heavy atom. The summed E-state index contributed by atoms with van der Waals surface area (Å²) in [5.74, 6) is 1.82. The minimum Gasteiger partial charge on any atom is -0.256 e. The van der Waals surface area contributed by atoms with Gasteiger partial charge in [-0.15, -0.1) is 11.3 Å². The van der Waals surface area contributed by atoms with Crippen molar-refractivity contribution in [3.63, 3.8) is 0 Å². The molecule has 0 amide bonds. The molecule has 9 rings (SSSR count). The van der Waals surface area contributed by atoms with Gasteiger partial charge >= 0.3 is 0 Å². The monoisotopic (exact) mass is 669 g/mol. The van der Waals surface area contributed by atoms with Gasteiger partial charge in [-0.25, -0.2) is 15.0 Å². The van der Waals surface area contributed by atoms with Gasteiger partial charge in [0.25, 0.3) is 0 Å². The molecule has 0 aliphatic rings. The van der Waals surface area contributed by atoms with Crippen LogP contribution < -0.4 is 0 Å². The maximum absolute atomic E-state index is 9.48. The Kier molecular flexibility index (Phi) is 7.66. The van der Waals surface area contributed by atoms with Crippen LogP contribution in [0.3, 0.4) is 0 Å². The van der Waals surface area contributed by atoms with E-state index in [9.17, 15) is 5.26 Å². The molecule has 0 spiro atoms. The Bertz CT molecular complexity index is 2680.